The van der Waals surface area contributed by atoms with Crippen LogP contribution in [0.2, 0.25) is 0 Å². The summed E-state index contributed by atoms with van der Waals surface area (Å²) in [6.07, 6.45) is 0. The second kappa shape index (κ2) is 7.65. The molecule has 0 saturated carbocycles. The van der Waals surface area contributed by atoms with Crippen molar-refractivity contribution < 1.29 is 9.53 Å². The molecule has 0 spiro atoms. The lowest BCUT2D eigenvalue weighted by Gasteiger charge is -2.09. The number of halogens is 1. The lowest BCUT2D eigenvalue weighted by Crippen LogP contribution is -2.40. The van der Waals surface area contributed by atoms with Crippen molar-refractivity contribution in [1.29, 1.82) is 0 Å². The van der Waals surface area contributed by atoms with Crippen LogP contribution in [0.3, 0.4) is 0 Å². The van der Waals surface area contributed by atoms with Crippen LogP contribution in [0.25, 0.3) is 0 Å². The Labute approximate surface area is 126 Å². The van der Waals surface area contributed by atoms with Crippen LogP contribution in [-0.4, -0.2) is 31.3 Å². The highest BCUT2D eigenvalue weighted by Gasteiger charge is 2.08. The molecule has 1 aromatic carbocycles. The molecule has 4 nitrogen and oxygen atoms in total. The normalized spacial score (nSPS) is 9.94. The molecule has 0 aromatic heterocycles. The Morgan fingerprint density at radius 2 is 2.22 bits per heavy atom. The average molecular weight is 378 g/mol. The van der Waals surface area contributed by atoms with Gasteiger partial charge in [-0.3, -0.25) is 10.1 Å². The second-order valence-corrected chi connectivity index (χ2v) is 5.24. The van der Waals surface area contributed by atoms with E-state index in [2.05, 4.69) is 33.2 Å². The number of nitrogens with one attached hydrogen (secondary N) is 2. The summed E-state index contributed by atoms with van der Waals surface area (Å²) in [6, 6.07) is 5.53. The Bertz CT molecular complexity index is 452. The van der Waals surface area contributed by atoms with E-state index >= 15 is 0 Å². The van der Waals surface area contributed by atoms with E-state index in [1.54, 1.807) is 13.2 Å². The Morgan fingerprint density at radius 3 is 2.83 bits per heavy atom. The predicted octanol–water partition coefficient (Wildman–Crippen LogP) is 1.85. The molecule has 1 rings (SSSR count). The second-order valence-electron chi connectivity index (χ2n) is 3.67. The maximum absolute atomic E-state index is 11.9. The van der Waals surface area contributed by atoms with Gasteiger partial charge in [0, 0.05) is 22.8 Å². The fraction of sp³-hybridized carbons (Fsp3) is 0.333. The van der Waals surface area contributed by atoms with Crippen molar-refractivity contribution in [1.82, 2.24) is 10.6 Å². The Balaban J connectivity index is 2.54. The molecule has 0 aliphatic carbocycles. The summed E-state index contributed by atoms with van der Waals surface area (Å²) < 4.78 is 5.93. The number of carbonyl (C=O) groups is 1. The largest absolute Gasteiger partial charge is 0.383 e. The van der Waals surface area contributed by atoms with Gasteiger partial charge in [0.1, 0.15) is 0 Å². The number of carbonyl (C=O) groups excluding carboxylic acids is 1. The van der Waals surface area contributed by atoms with Crippen LogP contribution < -0.4 is 10.6 Å². The molecule has 0 bridgehead atoms. The highest BCUT2D eigenvalue weighted by molar-refractivity contribution is 14.1. The van der Waals surface area contributed by atoms with E-state index < -0.39 is 0 Å². The van der Waals surface area contributed by atoms with Gasteiger partial charge < -0.3 is 10.1 Å². The third-order valence-electron chi connectivity index (χ3n) is 2.25. The van der Waals surface area contributed by atoms with E-state index in [1.807, 2.05) is 19.1 Å². The maximum atomic E-state index is 11.9. The molecule has 0 atom stereocenters. The molecule has 0 fully saturated rings. The molecule has 0 heterocycles. The first-order chi connectivity index (χ1) is 8.54. The van der Waals surface area contributed by atoms with Crippen LogP contribution >= 0.6 is 34.8 Å². The number of ether oxygens (including phenoxy) is 1. The molecule has 0 unspecified atom stereocenters. The van der Waals surface area contributed by atoms with E-state index in [0.29, 0.717) is 23.8 Å². The van der Waals surface area contributed by atoms with Crippen LogP contribution in [0.4, 0.5) is 0 Å². The fourth-order valence-electron chi connectivity index (χ4n) is 1.22. The minimum Gasteiger partial charge on any atom is -0.383 e. The molecule has 6 heteroatoms. The van der Waals surface area contributed by atoms with Crippen LogP contribution in [0.15, 0.2) is 18.2 Å². The zero-order valence-electron chi connectivity index (χ0n) is 10.2. The third kappa shape index (κ3) is 4.87. The van der Waals surface area contributed by atoms with E-state index in [9.17, 15) is 4.79 Å². The zero-order valence-corrected chi connectivity index (χ0v) is 13.2. The van der Waals surface area contributed by atoms with Gasteiger partial charge >= 0.3 is 0 Å². The topological polar surface area (TPSA) is 50.4 Å². The SMILES string of the molecule is COCCNC(=S)NC(=O)c1ccc(C)c(I)c1. The van der Waals surface area contributed by atoms with Gasteiger partial charge in [0.05, 0.1) is 6.61 Å². The van der Waals surface area contributed by atoms with Crippen LogP contribution in [0, 0.1) is 10.5 Å². The third-order valence-corrected chi connectivity index (χ3v) is 3.66. The quantitative estimate of drug-likeness (QED) is 0.477. The van der Waals surface area contributed by atoms with Crippen LogP contribution in [0.5, 0.6) is 0 Å². The number of hydrogen-bond acceptors (Lipinski definition) is 3. The molecular weight excluding hydrogens is 363 g/mol. The number of aryl methyl sites for hydroxylation is 1. The molecule has 0 radical (unpaired) electrons. The van der Waals surface area contributed by atoms with Crippen molar-refractivity contribution >= 4 is 45.8 Å². The standard InChI is InChI=1S/C12H15IN2O2S/c1-8-3-4-9(7-10(8)13)11(16)15-12(18)14-5-6-17-2/h3-4,7H,5-6H2,1-2H3,(H2,14,15,16,18). The van der Waals surface area contributed by atoms with Gasteiger partial charge in [0.2, 0.25) is 0 Å². The minimum absolute atomic E-state index is 0.206. The zero-order chi connectivity index (χ0) is 13.5. The van der Waals surface area contributed by atoms with Crippen LogP contribution in [0.1, 0.15) is 15.9 Å². The molecule has 18 heavy (non-hydrogen) atoms. The van der Waals surface area contributed by atoms with Crippen molar-refractivity contribution in [3.05, 3.63) is 32.9 Å². The summed E-state index contributed by atoms with van der Waals surface area (Å²) in [5.41, 5.74) is 1.74. The fourth-order valence-corrected chi connectivity index (χ4v) is 1.93. The van der Waals surface area contributed by atoms with Gasteiger partial charge in [-0.1, -0.05) is 6.07 Å². The van der Waals surface area contributed by atoms with E-state index in [-0.39, 0.29) is 5.91 Å². The molecule has 0 saturated heterocycles. The summed E-state index contributed by atoms with van der Waals surface area (Å²) in [6.45, 7) is 3.11. The smallest absolute Gasteiger partial charge is 0.257 e. The lowest BCUT2D eigenvalue weighted by molar-refractivity contribution is 0.0976. The number of benzene rings is 1. The number of methoxy groups -OCH3 is 1. The van der Waals surface area contributed by atoms with E-state index in [0.717, 1.165) is 9.13 Å². The molecule has 1 amide bonds. The van der Waals surface area contributed by atoms with Crippen molar-refractivity contribution in [3.63, 3.8) is 0 Å². The predicted molar refractivity (Wildman–Crippen MR) is 83.8 cm³/mol. The lowest BCUT2D eigenvalue weighted by atomic mass is 10.1. The highest BCUT2D eigenvalue weighted by atomic mass is 127. The Hall–Kier alpha value is -0.730. The maximum Gasteiger partial charge on any atom is 0.257 e. The number of thiocarbonyl (C=S) groups is 1. The summed E-state index contributed by atoms with van der Waals surface area (Å²) in [7, 11) is 1.61. The minimum atomic E-state index is -0.206. The summed E-state index contributed by atoms with van der Waals surface area (Å²) in [5.74, 6) is -0.206. The number of hydrogen-bond donors (Lipinski definition) is 2. The highest BCUT2D eigenvalue weighted by Crippen LogP contribution is 2.13. The van der Waals surface area contributed by atoms with Crippen molar-refractivity contribution in [3.8, 4) is 0 Å². The first-order valence-electron chi connectivity index (χ1n) is 5.39. The van der Waals surface area contributed by atoms with Gasteiger partial charge in [-0.25, -0.2) is 0 Å². The van der Waals surface area contributed by atoms with Crippen molar-refractivity contribution in [2.45, 2.75) is 6.92 Å². The summed E-state index contributed by atoms with van der Waals surface area (Å²) in [5, 5.41) is 5.82. The van der Waals surface area contributed by atoms with Crippen molar-refractivity contribution in [2.75, 3.05) is 20.3 Å². The van der Waals surface area contributed by atoms with Gasteiger partial charge in [-0.2, -0.15) is 0 Å². The molecule has 1 aromatic rings. The number of rotatable bonds is 4. The summed E-state index contributed by atoms with van der Waals surface area (Å²) in [4.78, 5) is 11.9. The average Bonchev–Trinajstić information content (AvgIpc) is 2.33. The van der Waals surface area contributed by atoms with Gasteiger partial charge in [0.15, 0.2) is 5.11 Å². The van der Waals surface area contributed by atoms with Gasteiger partial charge in [-0.05, 0) is 59.4 Å². The number of amides is 1. The molecule has 98 valence electrons. The monoisotopic (exact) mass is 378 g/mol. The molecule has 0 aliphatic rings. The molecule has 2 N–H and O–H groups in total. The molecule has 0 aliphatic heterocycles. The van der Waals surface area contributed by atoms with Crippen molar-refractivity contribution in [2.24, 2.45) is 0 Å². The first-order valence-corrected chi connectivity index (χ1v) is 6.87. The Kier molecular flexibility index (Phi) is 6.51. The first kappa shape index (κ1) is 15.3. The van der Waals surface area contributed by atoms with Gasteiger partial charge in [-0.15, -0.1) is 0 Å². The summed E-state index contributed by atoms with van der Waals surface area (Å²) >= 11 is 7.20. The Morgan fingerprint density at radius 1 is 1.50 bits per heavy atom. The van der Waals surface area contributed by atoms with E-state index in [1.165, 1.54) is 0 Å². The van der Waals surface area contributed by atoms with Gasteiger partial charge in [0.25, 0.3) is 5.91 Å². The van der Waals surface area contributed by atoms with E-state index in [4.69, 9.17) is 17.0 Å². The molecular formula is C12H15IN2O2S. The van der Waals surface area contributed by atoms with Crippen LogP contribution in [-0.2, 0) is 4.74 Å².